The number of rotatable bonds is 55. The highest BCUT2D eigenvalue weighted by Crippen LogP contribution is 2.17. The molecule has 0 aromatic carbocycles. The third-order valence-corrected chi connectivity index (χ3v) is 13.7. The largest absolute Gasteiger partial charge is 0.394 e. The van der Waals surface area contributed by atoms with Gasteiger partial charge >= 0.3 is 0 Å². The van der Waals surface area contributed by atoms with Gasteiger partial charge in [0, 0.05) is 6.42 Å². The van der Waals surface area contributed by atoms with Crippen LogP contribution < -0.4 is 5.32 Å². The van der Waals surface area contributed by atoms with E-state index in [2.05, 4.69) is 67.8 Å². The fourth-order valence-corrected chi connectivity index (χ4v) is 9.15. The maximum atomic E-state index is 12.5. The molecule has 0 bridgehead atoms. The minimum atomic E-state index is -0.862. The van der Waals surface area contributed by atoms with Gasteiger partial charge in [-0.25, -0.2) is 0 Å². The third kappa shape index (κ3) is 54.9. The van der Waals surface area contributed by atoms with Crippen molar-refractivity contribution in [1.82, 2.24) is 5.32 Å². The zero-order valence-electron chi connectivity index (χ0n) is 45.2. The van der Waals surface area contributed by atoms with Gasteiger partial charge in [-0.3, -0.25) is 4.79 Å². The summed E-state index contributed by atoms with van der Waals surface area (Å²) in [7, 11) is 0. The van der Waals surface area contributed by atoms with Crippen LogP contribution in [0.5, 0.6) is 0 Å². The van der Waals surface area contributed by atoms with Crippen molar-refractivity contribution in [3.63, 3.8) is 0 Å². The first kappa shape index (κ1) is 65.1. The normalized spacial score (nSPS) is 13.2. The predicted molar refractivity (Wildman–Crippen MR) is 299 cm³/mol. The van der Waals surface area contributed by atoms with Gasteiger partial charge < -0.3 is 15.5 Å². The van der Waals surface area contributed by atoms with E-state index in [9.17, 15) is 15.0 Å². The van der Waals surface area contributed by atoms with E-state index < -0.39 is 12.1 Å². The lowest BCUT2D eigenvalue weighted by molar-refractivity contribution is -0.123. The van der Waals surface area contributed by atoms with Crippen molar-refractivity contribution in [2.75, 3.05) is 6.61 Å². The average Bonchev–Trinajstić information content (AvgIpc) is 3.33. The van der Waals surface area contributed by atoms with Crippen LogP contribution in [0.4, 0.5) is 0 Å². The molecule has 0 aromatic heterocycles. The highest BCUT2D eigenvalue weighted by Gasteiger charge is 2.18. The van der Waals surface area contributed by atoms with Crippen molar-refractivity contribution < 1.29 is 15.0 Å². The summed E-state index contributed by atoms with van der Waals surface area (Å²) in [6, 6.07) is -0.639. The summed E-state index contributed by atoms with van der Waals surface area (Å²) in [5.41, 5.74) is 0. The van der Waals surface area contributed by atoms with E-state index in [4.69, 9.17) is 0 Å². The molecule has 67 heavy (non-hydrogen) atoms. The van der Waals surface area contributed by atoms with Crippen LogP contribution >= 0.6 is 0 Å². The van der Waals surface area contributed by atoms with Gasteiger partial charge in [0.15, 0.2) is 0 Å². The smallest absolute Gasteiger partial charge is 0.220 e. The summed E-state index contributed by atoms with van der Waals surface area (Å²) >= 11 is 0. The Morgan fingerprint density at radius 2 is 0.627 bits per heavy atom. The molecular formula is C63H117NO3. The lowest BCUT2D eigenvalue weighted by atomic mass is 10.0. The average molecular weight is 937 g/mol. The fraction of sp³-hybridized carbons (Fsp3) is 0.825. The van der Waals surface area contributed by atoms with Crippen LogP contribution in [-0.2, 0) is 4.79 Å². The first-order chi connectivity index (χ1) is 33.2. The van der Waals surface area contributed by atoms with E-state index in [-0.39, 0.29) is 12.5 Å². The summed E-state index contributed by atoms with van der Waals surface area (Å²) in [6.45, 7) is 4.30. The lowest BCUT2D eigenvalue weighted by Gasteiger charge is -2.19. The molecule has 0 aliphatic heterocycles. The maximum absolute atomic E-state index is 12.5. The zero-order chi connectivity index (χ0) is 48.5. The molecule has 0 aliphatic carbocycles. The number of amides is 1. The fourth-order valence-electron chi connectivity index (χ4n) is 9.15. The van der Waals surface area contributed by atoms with Gasteiger partial charge in [-0.15, -0.1) is 0 Å². The molecule has 392 valence electrons. The van der Waals surface area contributed by atoms with E-state index in [0.717, 1.165) is 44.9 Å². The third-order valence-electron chi connectivity index (χ3n) is 13.7. The molecule has 0 saturated carbocycles. The van der Waals surface area contributed by atoms with Crippen LogP contribution in [-0.4, -0.2) is 34.9 Å². The molecule has 0 saturated heterocycles. The number of carbonyl (C=O) groups is 1. The number of nitrogens with one attached hydrogen (secondary N) is 1. The second kappa shape index (κ2) is 58.4. The van der Waals surface area contributed by atoms with Gasteiger partial charge in [-0.05, 0) is 70.6 Å². The van der Waals surface area contributed by atoms with E-state index in [1.54, 1.807) is 6.08 Å². The quantitative estimate of drug-likeness (QED) is 0.0420. The Morgan fingerprint density at radius 3 is 0.970 bits per heavy atom. The molecule has 0 spiro atoms. The lowest BCUT2D eigenvalue weighted by Crippen LogP contribution is -2.45. The van der Waals surface area contributed by atoms with Crippen LogP contribution in [0.3, 0.4) is 0 Å². The Hall–Kier alpha value is -1.91. The van der Waals surface area contributed by atoms with Crippen LogP contribution in [0.15, 0.2) is 60.8 Å². The minimum Gasteiger partial charge on any atom is -0.394 e. The van der Waals surface area contributed by atoms with E-state index in [1.165, 1.54) is 250 Å². The van der Waals surface area contributed by atoms with Gasteiger partial charge in [0.1, 0.15) is 0 Å². The summed E-state index contributed by atoms with van der Waals surface area (Å²) in [4.78, 5) is 12.5. The van der Waals surface area contributed by atoms with Crippen LogP contribution in [0.2, 0.25) is 0 Å². The summed E-state index contributed by atoms with van der Waals surface area (Å²) in [5.74, 6) is -0.0698. The van der Waals surface area contributed by atoms with E-state index in [1.807, 2.05) is 6.08 Å². The molecule has 3 N–H and O–H groups in total. The molecule has 0 radical (unpaired) electrons. The molecule has 0 heterocycles. The van der Waals surface area contributed by atoms with E-state index >= 15 is 0 Å². The molecule has 0 rings (SSSR count). The molecule has 0 aliphatic rings. The molecule has 0 aromatic rings. The van der Waals surface area contributed by atoms with Crippen molar-refractivity contribution in [3.05, 3.63) is 60.8 Å². The topological polar surface area (TPSA) is 69.6 Å². The van der Waals surface area contributed by atoms with Crippen molar-refractivity contribution in [1.29, 1.82) is 0 Å². The summed E-state index contributed by atoms with van der Waals surface area (Å²) < 4.78 is 0. The second-order valence-corrected chi connectivity index (χ2v) is 20.4. The Kier molecular flexibility index (Phi) is 56.7. The highest BCUT2D eigenvalue weighted by atomic mass is 16.3. The first-order valence-electron chi connectivity index (χ1n) is 30.0. The maximum Gasteiger partial charge on any atom is 0.220 e. The zero-order valence-corrected chi connectivity index (χ0v) is 45.2. The molecular weight excluding hydrogens is 819 g/mol. The van der Waals surface area contributed by atoms with Gasteiger partial charge in [0.05, 0.1) is 18.8 Å². The van der Waals surface area contributed by atoms with Gasteiger partial charge in [-0.2, -0.15) is 0 Å². The number of aliphatic hydroxyl groups excluding tert-OH is 2. The van der Waals surface area contributed by atoms with Crippen molar-refractivity contribution >= 4 is 5.91 Å². The SMILES string of the molecule is CCCCCCC/C=C\C/C=C\C/C=C\CCCCCCCCCCCCCCCCCCCCCCCCCCC(=O)NC(CO)C(O)/C=C/CC/C=C/CCCCCCCCCCCC. The summed E-state index contributed by atoms with van der Waals surface area (Å²) in [6.07, 6.45) is 82.7. The van der Waals surface area contributed by atoms with Crippen molar-refractivity contribution in [2.24, 2.45) is 0 Å². The summed E-state index contributed by atoms with van der Waals surface area (Å²) in [5, 5.41) is 23.1. The Morgan fingerprint density at radius 1 is 0.358 bits per heavy atom. The number of unbranched alkanes of at least 4 members (excludes halogenated alkanes) is 40. The molecule has 4 nitrogen and oxygen atoms in total. The second-order valence-electron chi connectivity index (χ2n) is 20.4. The Balaban J connectivity index is 3.43. The number of hydrogen-bond donors (Lipinski definition) is 3. The van der Waals surface area contributed by atoms with Crippen LogP contribution in [0, 0.1) is 0 Å². The molecule has 2 unspecified atom stereocenters. The van der Waals surface area contributed by atoms with Crippen molar-refractivity contribution in [2.45, 2.75) is 328 Å². The number of aliphatic hydroxyl groups is 2. The van der Waals surface area contributed by atoms with Gasteiger partial charge in [0.25, 0.3) is 0 Å². The monoisotopic (exact) mass is 936 g/mol. The van der Waals surface area contributed by atoms with Gasteiger partial charge in [0.2, 0.25) is 5.91 Å². The highest BCUT2D eigenvalue weighted by molar-refractivity contribution is 5.76. The molecule has 0 fully saturated rings. The number of hydrogen-bond acceptors (Lipinski definition) is 3. The van der Waals surface area contributed by atoms with Crippen molar-refractivity contribution in [3.8, 4) is 0 Å². The molecule has 1 amide bonds. The standard InChI is InChI=1S/C63H117NO3/c1-3-5-7-9-11-13-15-17-19-21-22-23-24-25-26-27-28-29-30-31-32-33-34-35-36-37-38-39-40-41-42-43-45-47-49-51-53-55-57-59-63(67)64-61(60-65)62(66)58-56-54-52-50-48-46-44-20-18-16-14-12-10-8-6-4-2/h15,17,21-22,24-25,48,50,56,58,61-62,65-66H,3-14,16,18-20,23,26-47,49,51-55,57,59-60H2,1-2H3,(H,64,67)/b17-15-,22-21-,25-24-,50-48+,58-56+. The minimum absolute atomic E-state index is 0.0698. The van der Waals surface area contributed by atoms with Gasteiger partial charge in [-0.1, -0.05) is 299 Å². The first-order valence-corrected chi connectivity index (χ1v) is 30.0. The van der Waals surface area contributed by atoms with Crippen LogP contribution in [0.1, 0.15) is 316 Å². The number of carbonyl (C=O) groups excluding carboxylic acids is 1. The molecule has 4 heteroatoms. The van der Waals surface area contributed by atoms with Crippen LogP contribution in [0.25, 0.3) is 0 Å². The Bertz CT molecular complexity index is 1110. The Labute approximate surface area is 419 Å². The number of allylic oxidation sites excluding steroid dienone is 9. The van der Waals surface area contributed by atoms with E-state index in [0.29, 0.717) is 6.42 Å². The predicted octanol–water partition coefficient (Wildman–Crippen LogP) is 20.0. The molecule has 2 atom stereocenters.